The highest BCUT2D eigenvalue weighted by Gasteiger charge is 2.17. The minimum absolute atomic E-state index is 0.886. The lowest BCUT2D eigenvalue weighted by atomic mass is 9.94. The average Bonchev–Trinajstić information content (AvgIpc) is 3.61. The average molecular weight is 688 g/mol. The third kappa shape index (κ3) is 4.96. The van der Waals surface area contributed by atoms with Gasteiger partial charge in [-0.25, -0.2) is 0 Å². The molecule has 0 amide bonds. The predicted octanol–water partition coefficient (Wildman–Crippen LogP) is 15.0. The van der Waals surface area contributed by atoms with Crippen LogP contribution in [0.2, 0.25) is 0 Å². The first-order valence-electron chi connectivity index (χ1n) is 18.5. The van der Waals surface area contributed by atoms with E-state index >= 15 is 0 Å². The Labute approximate surface area is 312 Å². The Kier molecular flexibility index (Phi) is 6.90. The molecule has 0 N–H and O–H groups in total. The van der Waals surface area contributed by atoms with Gasteiger partial charge in [0.25, 0.3) is 0 Å². The maximum Gasteiger partial charge on any atom is 0.135 e. The monoisotopic (exact) mass is 687 g/mol. The molecule has 11 aromatic rings. The summed E-state index contributed by atoms with van der Waals surface area (Å²) in [6.45, 7) is 0. The molecule has 1 aromatic heterocycles. The van der Waals surface area contributed by atoms with E-state index in [2.05, 4.69) is 193 Å². The third-order valence-electron chi connectivity index (χ3n) is 11.0. The van der Waals surface area contributed by atoms with Crippen molar-refractivity contribution in [1.29, 1.82) is 0 Å². The summed E-state index contributed by atoms with van der Waals surface area (Å²) in [4.78, 5) is 2.36. The van der Waals surface area contributed by atoms with Gasteiger partial charge in [-0.3, -0.25) is 0 Å². The number of fused-ring (bicyclic) bond motifs is 9. The third-order valence-corrected chi connectivity index (χ3v) is 11.0. The largest absolute Gasteiger partial charge is 0.456 e. The van der Waals surface area contributed by atoms with Crippen LogP contribution in [0.4, 0.5) is 17.1 Å². The minimum Gasteiger partial charge on any atom is -0.456 e. The van der Waals surface area contributed by atoms with Gasteiger partial charge in [-0.05, 0) is 120 Å². The summed E-state index contributed by atoms with van der Waals surface area (Å²) in [6.07, 6.45) is 0. The first-order chi connectivity index (χ1) is 26.7. The zero-order valence-electron chi connectivity index (χ0n) is 29.4. The van der Waals surface area contributed by atoms with E-state index in [9.17, 15) is 0 Å². The van der Waals surface area contributed by atoms with Crippen molar-refractivity contribution in [1.82, 2.24) is 0 Å². The Hall–Kier alpha value is -7.16. The molecule has 0 unspecified atom stereocenters. The van der Waals surface area contributed by atoms with E-state index in [0.29, 0.717) is 0 Å². The van der Waals surface area contributed by atoms with Crippen molar-refractivity contribution in [2.24, 2.45) is 0 Å². The van der Waals surface area contributed by atoms with Crippen LogP contribution in [0.15, 0.2) is 205 Å². The van der Waals surface area contributed by atoms with Gasteiger partial charge < -0.3 is 9.32 Å². The number of para-hydroxylation sites is 1. The van der Waals surface area contributed by atoms with Crippen LogP contribution >= 0.6 is 0 Å². The van der Waals surface area contributed by atoms with Gasteiger partial charge in [-0.2, -0.15) is 0 Å². The van der Waals surface area contributed by atoms with Crippen molar-refractivity contribution in [2.45, 2.75) is 0 Å². The first-order valence-corrected chi connectivity index (χ1v) is 18.5. The molecule has 2 heteroatoms. The van der Waals surface area contributed by atoms with E-state index in [1.807, 2.05) is 12.1 Å². The van der Waals surface area contributed by atoms with E-state index in [1.165, 1.54) is 65.3 Å². The van der Waals surface area contributed by atoms with Crippen molar-refractivity contribution in [3.05, 3.63) is 200 Å². The molecule has 54 heavy (non-hydrogen) atoms. The van der Waals surface area contributed by atoms with Crippen LogP contribution < -0.4 is 4.90 Å². The molecule has 0 aliphatic heterocycles. The van der Waals surface area contributed by atoms with Gasteiger partial charge in [0, 0.05) is 27.8 Å². The molecular weight excluding hydrogens is 655 g/mol. The normalized spacial score (nSPS) is 11.7. The summed E-state index contributed by atoms with van der Waals surface area (Å²) in [5.41, 5.74) is 9.80. The van der Waals surface area contributed by atoms with Crippen LogP contribution in [-0.2, 0) is 0 Å². The van der Waals surface area contributed by atoms with Gasteiger partial charge in [0.1, 0.15) is 11.2 Å². The summed E-state index contributed by atoms with van der Waals surface area (Å²) in [5, 5.41) is 12.3. The van der Waals surface area contributed by atoms with Gasteiger partial charge in [-0.1, -0.05) is 146 Å². The standard InChI is InChI=1S/C52H33NO/c1-3-14-44-35(9-1)11-8-17-45(44)40-12-7-13-42(31-40)53(43-29-30-51-49(33-43)47-16-5-6-18-50(47)54-51)41-27-25-34(26-28-41)39-24-21-37-20-23-38-22-19-36-10-2-4-15-46(36)52(38)48(37)32-39/h1-33H. The van der Waals surface area contributed by atoms with Gasteiger partial charge in [0.2, 0.25) is 0 Å². The molecule has 0 aliphatic rings. The van der Waals surface area contributed by atoms with Crippen LogP contribution in [0.1, 0.15) is 0 Å². The van der Waals surface area contributed by atoms with Crippen LogP contribution in [0.3, 0.4) is 0 Å². The molecule has 11 rings (SSSR count). The second kappa shape index (κ2) is 12.2. The van der Waals surface area contributed by atoms with Crippen LogP contribution in [0.5, 0.6) is 0 Å². The second-order valence-electron chi connectivity index (χ2n) is 14.1. The number of rotatable bonds is 5. The van der Waals surface area contributed by atoms with E-state index in [4.69, 9.17) is 4.42 Å². The van der Waals surface area contributed by atoms with Crippen molar-refractivity contribution >= 4 is 82.1 Å². The first kappa shape index (κ1) is 30.5. The molecular formula is C52H33NO. The number of hydrogen-bond donors (Lipinski definition) is 0. The van der Waals surface area contributed by atoms with E-state index < -0.39 is 0 Å². The molecule has 0 radical (unpaired) electrons. The van der Waals surface area contributed by atoms with Crippen molar-refractivity contribution in [2.75, 3.05) is 4.90 Å². The second-order valence-corrected chi connectivity index (χ2v) is 14.1. The molecule has 0 saturated heterocycles. The lowest BCUT2D eigenvalue weighted by Gasteiger charge is -2.26. The Morgan fingerprint density at radius 1 is 0.296 bits per heavy atom. The summed E-state index contributed by atoms with van der Waals surface area (Å²) < 4.78 is 6.24. The van der Waals surface area contributed by atoms with E-state index in [1.54, 1.807) is 0 Å². The molecule has 0 saturated carbocycles. The predicted molar refractivity (Wildman–Crippen MR) is 229 cm³/mol. The van der Waals surface area contributed by atoms with Crippen molar-refractivity contribution in [3.8, 4) is 22.3 Å². The SMILES string of the molecule is c1cc(-c2cccc3ccccc23)cc(N(c2ccc(-c3ccc4ccc5ccc6ccccc6c5c4c3)cc2)c2ccc3oc4ccccc4c3c2)c1. The molecule has 0 bridgehead atoms. The lowest BCUT2D eigenvalue weighted by Crippen LogP contribution is -2.10. The number of benzene rings is 10. The van der Waals surface area contributed by atoms with Crippen molar-refractivity contribution in [3.63, 3.8) is 0 Å². The zero-order valence-corrected chi connectivity index (χ0v) is 29.4. The molecule has 0 atom stereocenters. The van der Waals surface area contributed by atoms with Crippen LogP contribution in [0.25, 0.3) is 87.3 Å². The molecule has 0 spiro atoms. The topological polar surface area (TPSA) is 16.4 Å². The molecule has 2 nitrogen and oxygen atoms in total. The number of furan rings is 1. The highest BCUT2D eigenvalue weighted by molar-refractivity contribution is 6.20. The fraction of sp³-hybridized carbons (Fsp3) is 0. The Morgan fingerprint density at radius 2 is 0.889 bits per heavy atom. The maximum absolute atomic E-state index is 6.24. The fourth-order valence-corrected chi connectivity index (χ4v) is 8.40. The zero-order chi connectivity index (χ0) is 35.6. The smallest absolute Gasteiger partial charge is 0.135 e. The quantitative estimate of drug-likeness (QED) is 0.168. The Morgan fingerprint density at radius 3 is 1.74 bits per heavy atom. The highest BCUT2D eigenvalue weighted by Crippen LogP contribution is 2.42. The summed E-state index contributed by atoms with van der Waals surface area (Å²) >= 11 is 0. The van der Waals surface area contributed by atoms with E-state index in [-0.39, 0.29) is 0 Å². The number of nitrogens with zero attached hydrogens (tertiary/aromatic N) is 1. The summed E-state index contributed by atoms with van der Waals surface area (Å²) in [6, 6.07) is 72.4. The molecule has 0 aliphatic carbocycles. The summed E-state index contributed by atoms with van der Waals surface area (Å²) in [5.74, 6) is 0. The van der Waals surface area contributed by atoms with Gasteiger partial charge in [0.15, 0.2) is 0 Å². The summed E-state index contributed by atoms with van der Waals surface area (Å²) in [7, 11) is 0. The van der Waals surface area contributed by atoms with Gasteiger partial charge >= 0.3 is 0 Å². The number of hydrogen-bond acceptors (Lipinski definition) is 2. The van der Waals surface area contributed by atoms with E-state index in [0.717, 1.165) is 39.0 Å². The Bertz CT molecular complexity index is 3220. The van der Waals surface area contributed by atoms with Crippen molar-refractivity contribution < 1.29 is 4.42 Å². The molecule has 1 heterocycles. The fourth-order valence-electron chi connectivity index (χ4n) is 8.40. The number of anilines is 3. The molecule has 10 aromatic carbocycles. The highest BCUT2D eigenvalue weighted by atomic mass is 16.3. The molecule has 252 valence electrons. The van der Waals surface area contributed by atoms with Crippen LogP contribution in [0, 0.1) is 0 Å². The van der Waals surface area contributed by atoms with Gasteiger partial charge in [0.05, 0.1) is 0 Å². The molecule has 0 fully saturated rings. The van der Waals surface area contributed by atoms with Crippen LogP contribution in [-0.4, -0.2) is 0 Å². The Balaban J connectivity index is 1.06. The van der Waals surface area contributed by atoms with Gasteiger partial charge in [-0.15, -0.1) is 0 Å². The lowest BCUT2D eigenvalue weighted by molar-refractivity contribution is 0.669. The minimum atomic E-state index is 0.886. The maximum atomic E-state index is 6.24.